The minimum absolute atomic E-state index is 0.0206. The number of carbonyl (C=O) groups is 3. The molecule has 3 fully saturated rings. The summed E-state index contributed by atoms with van der Waals surface area (Å²) < 4.78 is 5.30. The summed E-state index contributed by atoms with van der Waals surface area (Å²) >= 11 is 0. The average molecular weight is 479 g/mol. The molecule has 1 aromatic heterocycles. The molecule has 0 spiro atoms. The van der Waals surface area contributed by atoms with E-state index < -0.39 is 0 Å². The highest BCUT2D eigenvalue weighted by atomic mass is 16.3. The van der Waals surface area contributed by atoms with Gasteiger partial charge in [0.05, 0.1) is 11.8 Å². The Kier molecular flexibility index (Phi) is 7.06. The fourth-order valence-corrected chi connectivity index (χ4v) is 5.16. The Labute approximate surface area is 206 Å². The molecule has 0 atom stereocenters. The molecule has 186 valence electrons. The molecule has 0 bridgehead atoms. The summed E-state index contributed by atoms with van der Waals surface area (Å²) in [6.45, 7) is 4.10. The van der Waals surface area contributed by atoms with Gasteiger partial charge in [-0.1, -0.05) is 6.42 Å². The summed E-state index contributed by atoms with van der Waals surface area (Å²) in [5.41, 5.74) is 2.18. The number of piperidine rings is 1. The summed E-state index contributed by atoms with van der Waals surface area (Å²) in [6, 6.07) is 9.12. The van der Waals surface area contributed by atoms with Gasteiger partial charge in [0.1, 0.15) is 0 Å². The van der Waals surface area contributed by atoms with Gasteiger partial charge in [-0.2, -0.15) is 0 Å². The van der Waals surface area contributed by atoms with Gasteiger partial charge in [-0.05, 0) is 68.9 Å². The van der Waals surface area contributed by atoms with Crippen LogP contribution in [0.4, 0.5) is 11.4 Å². The van der Waals surface area contributed by atoms with Crippen LogP contribution >= 0.6 is 0 Å². The number of rotatable bonds is 5. The van der Waals surface area contributed by atoms with E-state index >= 15 is 0 Å². The van der Waals surface area contributed by atoms with Crippen molar-refractivity contribution < 1.29 is 18.8 Å². The van der Waals surface area contributed by atoms with Crippen LogP contribution in [0.5, 0.6) is 0 Å². The van der Waals surface area contributed by atoms with Crippen molar-refractivity contribution in [3.05, 3.63) is 47.9 Å². The largest absolute Gasteiger partial charge is 0.459 e. The Hall–Kier alpha value is -3.29. The molecule has 35 heavy (non-hydrogen) atoms. The Balaban J connectivity index is 1.36. The molecule has 3 heterocycles. The zero-order valence-electron chi connectivity index (χ0n) is 20.2. The van der Waals surface area contributed by atoms with Gasteiger partial charge in [-0.3, -0.25) is 14.4 Å². The van der Waals surface area contributed by atoms with E-state index in [1.165, 1.54) is 6.26 Å². The van der Waals surface area contributed by atoms with Crippen LogP contribution in [0.1, 0.15) is 65.9 Å². The molecule has 1 saturated carbocycles. The van der Waals surface area contributed by atoms with Gasteiger partial charge in [0.2, 0.25) is 5.91 Å². The molecule has 1 N–H and O–H groups in total. The third-order valence-electron chi connectivity index (χ3n) is 7.47. The van der Waals surface area contributed by atoms with E-state index in [-0.39, 0.29) is 23.6 Å². The summed E-state index contributed by atoms with van der Waals surface area (Å²) in [5, 5.41) is 3.03. The van der Waals surface area contributed by atoms with E-state index in [0.29, 0.717) is 36.6 Å². The third-order valence-corrected chi connectivity index (χ3v) is 7.47. The van der Waals surface area contributed by atoms with Crippen molar-refractivity contribution in [1.29, 1.82) is 0 Å². The highest BCUT2D eigenvalue weighted by molar-refractivity contribution is 6.02. The van der Waals surface area contributed by atoms with E-state index in [0.717, 1.165) is 70.3 Å². The molecule has 2 aliphatic heterocycles. The van der Waals surface area contributed by atoms with Gasteiger partial charge in [0.15, 0.2) is 5.76 Å². The summed E-state index contributed by atoms with van der Waals surface area (Å²) in [5.74, 6) is 0.398. The number of nitrogens with one attached hydrogen (secondary N) is 1. The number of nitrogens with zero attached hydrogens (tertiary/aromatic N) is 3. The van der Waals surface area contributed by atoms with Crippen LogP contribution in [0.2, 0.25) is 0 Å². The standard InChI is InChI=1S/C27H34N4O4/c32-25(20-7-4-8-20)28-21-10-11-23(22(19-21)26(33)30-12-2-1-3-13-30)29-14-6-15-31(17-16-29)27(34)24-9-5-18-35-24/h5,9-11,18-20H,1-4,6-8,12-17H2,(H,28,32). The number of amides is 3. The lowest BCUT2D eigenvalue weighted by Crippen LogP contribution is -2.38. The molecular formula is C27H34N4O4. The Morgan fingerprint density at radius 1 is 0.800 bits per heavy atom. The Morgan fingerprint density at radius 2 is 1.57 bits per heavy atom. The first-order valence-corrected chi connectivity index (χ1v) is 12.9. The van der Waals surface area contributed by atoms with Crippen LogP contribution in [-0.2, 0) is 4.79 Å². The highest BCUT2D eigenvalue weighted by Gasteiger charge is 2.28. The van der Waals surface area contributed by atoms with Gasteiger partial charge in [-0.25, -0.2) is 0 Å². The van der Waals surface area contributed by atoms with Crippen LogP contribution in [0, 0.1) is 5.92 Å². The summed E-state index contributed by atoms with van der Waals surface area (Å²) in [6.07, 6.45) is 8.48. The molecule has 1 aromatic carbocycles. The molecule has 0 unspecified atom stereocenters. The molecule has 2 aromatic rings. The van der Waals surface area contributed by atoms with Crippen LogP contribution in [0.15, 0.2) is 41.0 Å². The van der Waals surface area contributed by atoms with Crippen LogP contribution in [0.3, 0.4) is 0 Å². The lowest BCUT2D eigenvalue weighted by Gasteiger charge is -2.31. The van der Waals surface area contributed by atoms with E-state index in [4.69, 9.17) is 4.42 Å². The fourth-order valence-electron chi connectivity index (χ4n) is 5.16. The molecule has 0 radical (unpaired) electrons. The van der Waals surface area contributed by atoms with Gasteiger partial charge in [0, 0.05) is 56.6 Å². The van der Waals surface area contributed by atoms with Crippen LogP contribution in [-0.4, -0.2) is 66.8 Å². The molecule has 3 aliphatic rings. The molecule has 8 nitrogen and oxygen atoms in total. The smallest absolute Gasteiger partial charge is 0.289 e. The van der Waals surface area contributed by atoms with E-state index in [1.807, 2.05) is 28.0 Å². The molecule has 1 aliphatic carbocycles. The van der Waals surface area contributed by atoms with Gasteiger partial charge in [-0.15, -0.1) is 0 Å². The zero-order valence-corrected chi connectivity index (χ0v) is 20.2. The lowest BCUT2D eigenvalue weighted by molar-refractivity contribution is -0.122. The molecule has 5 rings (SSSR count). The second kappa shape index (κ2) is 10.5. The minimum atomic E-state index is -0.101. The summed E-state index contributed by atoms with van der Waals surface area (Å²) in [4.78, 5) is 44.9. The molecular weight excluding hydrogens is 444 g/mol. The van der Waals surface area contributed by atoms with Crippen molar-refractivity contribution in [3.8, 4) is 0 Å². The van der Waals surface area contributed by atoms with Crippen molar-refractivity contribution in [2.75, 3.05) is 49.5 Å². The SMILES string of the molecule is O=C(Nc1ccc(N2CCCN(C(=O)c3ccco3)CC2)c(C(=O)N2CCCCC2)c1)C1CCC1. The van der Waals surface area contributed by atoms with Gasteiger partial charge < -0.3 is 24.4 Å². The predicted molar refractivity (Wildman–Crippen MR) is 134 cm³/mol. The number of carbonyl (C=O) groups excluding carboxylic acids is 3. The molecule has 3 amide bonds. The second-order valence-electron chi connectivity index (χ2n) is 9.81. The minimum Gasteiger partial charge on any atom is -0.459 e. The van der Waals surface area contributed by atoms with Crippen molar-refractivity contribution in [1.82, 2.24) is 9.80 Å². The topological polar surface area (TPSA) is 86.1 Å². The number of likely N-dealkylation sites (tertiary alicyclic amines) is 1. The average Bonchev–Trinajstić information content (AvgIpc) is 3.27. The van der Waals surface area contributed by atoms with E-state index in [9.17, 15) is 14.4 Å². The first-order chi connectivity index (χ1) is 17.1. The summed E-state index contributed by atoms with van der Waals surface area (Å²) in [7, 11) is 0. The zero-order chi connectivity index (χ0) is 24.2. The lowest BCUT2D eigenvalue weighted by atomic mass is 9.85. The maximum Gasteiger partial charge on any atom is 0.289 e. The van der Waals surface area contributed by atoms with Crippen LogP contribution in [0.25, 0.3) is 0 Å². The van der Waals surface area contributed by atoms with Gasteiger partial charge in [0.25, 0.3) is 11.8 Å². The number of benzene rings is 1. The number of anilines is 2. The van der Waals surface area contributed by atoms with E-state index in [1.54, 1.807) is 12.1 Å². The monoisotopic (exact) mass is 478 g/mol. The van der Waals surface area contributed by atoms with Crippen LogP contribution < -0.4 is 10.2 Å². The first-order valence-electron chi connectivity index (χ1n) is 12.9. The number of hydrogen-bond donors (Lipinski definition) is 1. The van der Waals surface area contributed by atoms with Gasteiger partial charge >= 0.3 is 0 Å². The number of hydrogen-bond acceptors (Lipinski definition) is 5. The quantitative estimate of drug-likeness (QED) is 0.702. The van der Waals surface area contributed by atoms with Crippen molar-refractivity contribution in [2.24, 2.45) is 5.92 Å². The maximum atomic E-state index is 13.6. The van der Waals surface area contributed by atoms with E-state index in [2.05, 4.69) is 10.2 Å². The predicted octanol–water partition coefficient (Wildman–Crippen LogP) is 4.00. The van der Waals surface area contributed by atoms with Crippen molar-refractivity contribution in [2.45, 2.75) is 44.9 Å². The maximum absolute atomic E-state index is 13.6. The fraction of sp³-hybridized carbons (Fsp3) is 0.519. The van der Waals surface area contributed by atoms with Crippen molar-refractivity contribution >= 4 is 29.1 Å². The highest BCUT2D eigenvalue weighted by Crippen LogP contribution is 2.31. The Morgan fingerprint density at radius 3 is 2.29 bits per heavy atom. The normalized spacial score (nSPS) is 19.1. The third kappa shape index (κ3) is 5.21. The van der Waals surface area contributed by atoms with Crippen molar-refractivity contribution in [3.63, 3.8) is 0 Å². The second-order valence-corrected chi connectivity index (χ2v) is 9.81. The molecule has 8 heteroatoms. The Bertz CT molecular complexity index is 1060. The first kappa shape index (κ1) is 23.5. The number of furan rings is 1. The molecule has 2 saturated heterocycles.